The zero-order chi connectivity index (χ0) is 25.2. The fourth-order valence-electron chi connectivity index (χ4n) is 3.90. The summed E-state index contributed by atoms with van der Waals surface area (Å²) in [5.41, 5.74) is 0.372. The van der Waals surface area contributed by atoms with Crippen LogP contribution in [-0.2, 0) is 14.8 Å². The molecule has 0 radical (unpaired) electrons. The molecule has 0 aliphatic carbocycles. The van der Waals surface area contributed by atoms with Crippen LogP contribution < -0.4 is 5.32 Å². The minimum absolute atomic E-state index is 0.0326. The van der Waals surface area contributed by atoms with Gasteiger partial charge in [-0.15, -0.1) is 0 Å². The van der Waals surface area contributed by atoms with E-state index in [2.05, 4.69) is 10.5 Å². The standard InChI is InChI=1S/C24H22ClF2N3O4S/c1-15-23(22(34-29-15)11-8-16-5-2-3-7-19(16)26)35(32,33)30-12-4-6-17(14-30)24(31)28-21-10-9-18(25)13-20(21)27/h2-3,5,7-11,13,17H,4,6,12,14H2,1H3,(H,28,31)/b11-8+/t17-/m0/s1. The van der Waals surface area contributed by atoms with Crippen LogP contribution in [0.5, 0.6) is 0 Å². The average Bonchev–Trinajstić information content (AvgIpc) is 3.21. The molecule has 1 aliphatic heterocycles. The number of rotatable bonds is 6. The number of nitrogens with one attached hydrogen (secondary N) is 1. The van der Waals surface area contributed by atoms with Crippen LogP contribution in [-0.4, -0.2) is 36.9 Å². The molecule has 2 heterocycles. The zero-order valence-electron chi connectivity index (χ0n) is 18.7. The molecule has 1 amide bonds. The molecule has 1 fully saturated rings. The van der Waals surface area contributed by atoms with Gasteiger partial charge in [0, 0.05) is 23.7 Å². The first kappa shape index (κ1) is 25.0. The van der Waals surface area contributed by atoms with Crippen molar-refractivity contribution in [1.82, 2.24) is 9.46 Å². The number of anilines is 1. The van der Waals surface area contributed by atoms with Crippen LogP contribution in [0.2, 0.25) is 5.02 Å². The van der Waals surface area contributed by atoms with E-state index < -0.39 is 33.5 Å². The van der Waals surface area contributed by atoms with Gasteiger partial charge in [-0.05, 0) is 56.2 Å². The molecular weight excluding hydrogens is 500 g/mol. The maximum atomic E-state index is 14.1. The Kier molecular flexibility index (Phi) is 7.34. The minimum Gasteiger partial charge on any atom is -0.355 e. The first-order valence-corrected chi connectivity index (χ1v) is 12.6. The summed E-state index contributed by atoms with van der Waals surface area (Å²) in [4.78, 5) is 12.6. The second-order valence-corrected chi connectivity index (χ2v) is 10.4. The number of sulfonamides is 1. The average molecular weight is 522 g/mol. The minimum atomic E-state index is -4.09. The Hall–Kier alpha value is -3.08. The van der Waals surface area contributed by atoms with Crippen LogP contribution in [0.4, 0.5) is 14.5 Å². The lowest BCUT2D eigenvalue weighted by atomic mass is 9.98. The Labute approximate surface area is 206 Å². The van der Waals surface area contributed by atoms with Crippen LogP contribution in [0.25, 0.3) is 12.2 Å². The maximum absolute atomic E-state index is 14.1. The number of halogens is 3. The van der Waals surface area contributed by atoms with E-state index in [0.717, 1.165) is 6.07 Å². The van der Waals surface area contributed by atoms with E-state index in [0.29, 0.717) is 12.8 Å². The van der Waals surface area contributed by atoms with Gasteiger partial charge < -0.3 is 9.84 Å². The Morgan fingerprint density at radius 2 is 1.97 bits per heavy atom. The highest BCUT2D eigenvalue weighted by Gasteiger charge is 2.37. The molecule has 35 heavy (non-hydrogen) atoms. The summed E-state index contributed by atoms with van der Waals surface area (Å²) < 4.78 is 61.4. The van der Waals surface area contributed by atoms with E-state index in [1.165, 1.54) is 41.6 Å². The van der Waals surface area contributed by atoms with Crippen LogP contribution in [0.1, 0.15) is 29.9 Å². The molecule has 4 rings (SSSR count). The highest BCUT2D eigenvalue weighted by Crippen LogP contribution is 2.30. The van der Waals surface area contributed by atoms with Gasteiger partial charge in [0.05, 0.1) is 11.6 Å². The third-order valence-corrected chi connectivity index (χ3v) is 7.95. The second kappa shape index (κ2) is 10.3. The number of carbonyl (C=O) groups excluding carboxylic acids is 1. The lowest BCUT2D eigenvalue weighted by Crippen LogP contribution is -2.44. The third-order valence-electron chi connectivity index (χ3n) is 5.69. The molecule has 0 saturated carbocycles. The summed E-state index contributed by atoms with van der Waals surface area (Å²) in [6.07, 6.45) is 3.63. The lowest BCUT2D eigenvalue weighted by molar-refractivity contribution is -0.120. The SMILES string of the molecule is Cc1noc(/C=C/c2ccccc2F)c1S(=O)(=O)N1CCC[C@H](C(=O)Nc2ccc(Cl)cc2F)C1. The monoisotopic (exact) mass is 521 g/mol. The van der Waals surface area contributed by atoms with Gasteiger partial charge in [-0.2, -0.15) is 4.31 Å². The first-order chi connectivity index (χ1) is 16.7. The van der Waals surface area contributed by atoms with Crippen molar-refractivity contribution in [2.75, 3.05) is 18.4 Å². The fourth-order valence-corrected chi connectivity index (χ4v) is 5.84. The van der Waals surface area contributed by atoms with Crippen molar-refractivity contribution in [2.24, 2.45) is 5.92 Å². The smallest absolute Gasteiger partial charge is 0.248 e. The van der Waals surface area contributed by atoms with Crippen molar-refractivity contribution in [3.05, 3.63) is 76.1 Å². The Morgan fingerprint density at radius 3 is 2.71 bits per heavy atom. The number of aromatic nitrogens is 1. The molecule has 0 spiro atoms. The molecular formula is C24H22ClF2N3O4S. The highest BCUT2D eigenvalue weighted by atomic mass is 35.5. The molecule has 2 aromatic carbocycles. The van der Waals surface area contributed by atoms with Crippen molar-refractivity contribution >= 4 is 45.4 Å². The fraction of sp³-hybridized carbons (Fsp3) is 0.250. The summed E-state index contributed by atoms with van der Waals surface area (Å²) in [7, 11) is -4.09. The zero-order valence-corrected chi connectivity index (χ0v) is 20.2. The summed E-state index contributed by atoms with van der Waals surface area (Å²) in [6, 6.07) is 9.91. The van der Waals surface area contributed by atoms with E-state index in [1.54, 1.807) is 18.2 Å². The van der Waals surface area contributed by atoms with E-state index in [4.69, 9.17) is 16.1 Å². The lowest BCUT2D eigenvalue weighted by Gasteiger charge is -2.31. The van der Waals surface area contributed by atoms with Gasteiger partial charge in [0.1, 0.15) is 17.3 Å². The second-order valence-electron chi connectivity index (χ2n) is 8.13. The topological polar surface area (TPSA) is 92.5 Å². The Bertz CT molecular complexity index is 1390. The van der Waals surface area contributed by atoms with Crippen LogP contribution in [0.15, 0.2) is 51.9 Å². The maximum Gasteiger partial charge on any atom is 0.248 e. The van der Waals surface area contributed by atoms with Crippen LogP contribution in [0.3, 0.4) is 0 Å². The molecule has 0 unspecified atom stereocenters. The number of hydrogen-bond donors (Lipinski definition) is 1. The molecule has 1 aliphatic rings. The van der Waals surface area contributed by atoms with E-state index >= 15 is 0 Å². The largest absolute Gasteiger partial charge is 0.355 e. The van der Waals surface area contributed by atoms with Gasteiger partial charge in [-0.3, -0.25) is 4.79 Å². The molecule has 1 atom stereocenters. The normalized spacial score (nSPS) is 17.1. The molecule has 11 heteroatoms. The van der Waals surface area contributed by atoms with Gasteiger partial charge in [0.25, 0.3) is 0 Å². The molecule has 1 aromatic heterocycles. The van der Waals surface area contributed by atoms with Crippen LogP contribution in [0, 0.1) is 24.5 Å². The number of aryl methyl sites for hydroxylation is 1. The molecule has 0 bridgehead atoms. The summed E-state index contributed by atoms with van der Waals surface area (Å²) >= 11 is 5.75. The summed E-state index contributed by atoms with van der Waals surface area (Å²) in [6.45, 7) is 1.60. The molecule has 1 N–H and O–H groups in total. The highest BCUT2D eigenvalue weighted by molar-refractivity contribution is 7.89. The number of piperidine rings is 1. The number of hydrogen-bond acceptors (Lipinski definition) is 5. The molecule has 184 valence electrons. The van der Waals surface area contributed by atoms with E-state index in [9.17, 15) is 22.0 Å². The summed E-state index contributed by atoms with van der Waals surface area (Å²) in [5.74, 6) is -2.37. The first-order valence-electron chi connectivity index (χ1n) is 10.8. The van der Waals surface area contributed by atoms with Crippen LogP contribution >= 0.6 is 11.6 Å². The van der Waals surface area contributed by atoms with E-state index in [1.807, 2.05) is 0 Å². The predicted molar refractivity (Wildman–Crippen MR) is 128 cm³/mol. The van der Waals surface area contributed by atoms with Crippen molar-refractivity contribution in [3.8, 4) is 0 Å². The van der Waals surface area contributed by atoms with Crippen molar-refractivity contribution < 1.29 is 26.5 Å². The molecule has 7 nitrogen and oxygen atoms in total. The Morgan fingerprint density at radius 1 is 1.20 bits per heavy atom. The summed E-state index contributed by atoms with van der Waals surface area (Å²) in [5, 5.41) is 6.48. The van der Waals surface area contributed by atoms with Gasteiger partial charge in [-0.1, -0.05) is 35.0 Å². The van der Waals surface area contributed by atoms with Crippen molar-refractivity contribution in [3.63, 3.8) is 0 Å². The number of carbonyl (C=O) groups is 1. The quantitative estimate of drug-likeness (QED) is 0.486. The van der Waals surface area contributed by atoms with Crippen molar-refractivity contribution in [2.45, 2.75) is 24.7 Å². The number of nitrogens with zero attached hydrogens (tertiary/aromatic N) is 2. The number of benzene rings is 2. The van der Waals surface area contributed by atoms with Crippen molar-refractivity contribution in [1.29, 1.82) is 0 Å². The number of amides is 1. The van der Waals surface area contributed by atoms with Gasteiger partial charge >= 0.3 is 0 Å². The van der Waals surface area contributed by atoms with Gasteiger partial charge in [-0.25, -0.2) is 17.2 Å². The predicted octanol–water partition coefficient (Wildman–Crippen LogP) is 5.12. The Balaban J connectivity index is 1.54. The molecule has 3 aromatic rings. The van der Waals surface area contributed by atoms with Gasteiger partial charge in [0.15, 0.2) is 10.7 Å². The molecule has 1 saturated heterocycles. The third kappa shape index (κ3) is 5.44. The van der Waals surface area contributed by atoms with Gasteiger partial charge in [0.2, 0.25) is 15.9 Å². The van der Waals surface area contributed by atoms with E-state index in [-0.39, 0.29) is 45.7 Å².